The van der Waals surface area contributed by atoms with Gasteiger partial charge in [-0.2, -0.15) is 0 Å². The van der Waals surface area contributed by atoms with E-state index in [9.17, 15) is 0 Å². The van der Waals surface area contributed by atoms with E-state index in [-0.39, 0.29) is 5.41 Å². The van der Waals surface area contributed by atoms with Crippen LogP contribution in [0.5, 0.6) is 0 Å². The lowest BCUT2D eigenvalue weighted by Crippen LogP contribution is -2.34. The van der Waals surface area contributed by atoms with Crippen LogP contribution >= 0.6 is 11.6 Å². The number of hydrogen-bond acceptors (Lipinski definition) is 1. The van der Waals surface area contributed by atoms with Crippen LogP contribution in [0.2, 0.25) is 5.02 Å². The van der Waals surface area contributed by atoms with E-state index in [2.05, 4.69) is 45.1 Å². The van der Waals surface area contributed by atoms with Crippen LogP contribution in [0.4, 0.5) is 0 Å². The van der Waals surface area contributed by atoms with Gasteiger partial charge in [-0.15, -0.1) is 0 Å². The fourth-order valence-corrected chi connectivity index (χ4v) is 1.88. The van der Waals surface area contributed by atoms with Crippen molar-refractivity contribution in [2.45, 2.75) is 33.1 Å². The third kappa shape index (κ3) is 4.15. The summed E-state index contributed by atoms with van der Waals surface area (Å²) in [5, 5.41) is 4.31. The van der Waals surface area contributed by atoms with Crippen LogP contribution in [0.15, 0.2) is 24.3 Å². The fourth-order valence-electron chi connectivity index (χ4n) is 1.68. The second kappa shape index (κ2) is 5.70. The molecule has 90 valence electrons. The van der Waals surface area contributed by atoms with Crippen molar-refractivity contribution < 1.29 is 0 Å². The first-order chi connectivity index (χ1) is 7.42. The van der Waals surface area contributed by atoms with Crippen LogP contribution in [0.3, 0.4) is 0 Å². The maximum atomic E-state index is 6.01. The van der Waals surface area contributed by atoms with Crippen molar-refractivity contribution in [2.24, 2.45) is 5.92 Å². The highest BCUT2D eigenvalue weighted by Gasteiger charge is 2.20. The van der Waals surface area contributed by atoms with Gasteiger partial charge in [-0.3, -0.25) is 0 Å². The minimum Gasteiger partial charge on any atom is -0.316 e. The Hall–Kier alpha value is -0.530. The number of nitrogens with one attached hydrogen (secondary N) is 1. The van der Waals surface area contributed by atoms with Gasteiger partial charge in [0.1, 0.15) is 0 Å². The first kappa shape index (κ1) is 13.5. The van der Waals surface area contributed by atoms with E-state index in [0.717, 1.165) is 18.1 Å². The van der Waals surface area contributed by atoms with Crippen LogP contribution < -0.4 is 5.32 Å². The van der Waals surface area contributed by atoms with Crippen molar-refractivity contribution in [3.05, 3.63) is 34.9 Å². The summed E-state index contributed by atoms with van der Waals surface area (Å²) >= 11 is 6.01. The Bertz CT molecular complexity index is 331. The highest BCUT2D eigenvalue weighted by Crippen LogP contribution is 2.24. The van der Waals surface area contributed by atoms with Gasteiger partial charge in [0.15, 0.2) is 0 Å². The molecule has 0 saturated carbocycles. The lowest BCUT2D eigenvalue weighted by Gasteiger charge is -2.26. The molecule has 0 aliphatic heterocycles. The second-order valence-electron chi connectivity index (χ2n) is 5.42. The molecule has 0 fully saturated rings. The van der Waals surface area contributed by atoms with Crippen molar-refractivity contribution in [1.82, 2.24) is 5.32 Å². The topological polar surface area (TPSA) is 12.0 Å². The summed E-state index contributed by atoms with van der Waals surface area (Å²) in [5.74, 6) is 0.690. The van der Waals surface area contributed by atoms with Crippen molar-refractivity contribution >= 4 is 11.6 Å². The van der Waals surface area contributed by atoms with E-state index in [1.165, 1.54) is 5.56 Å². The lowest BCUT2D eigenvalue weighted by molar-refractivity contribution is 0.443. The van der Waals surface area contributed by atoms with Gasteiger partial charge in [-0.05, 0) is 30.2 Å². The van der Waals surface area contributed by atoms with Gasteiger partial charge in [0.2, 0.25) is 0 Å². The van der Waals surface area contributed by atoms with Crippen molar-refractivity contribution in [3.63, 3.8) is 0 Å². The molecule has 0 aliphatic rings. The quantitative estimate of drug-likeness (QED) is 0.823. The number of hydrogen-bond donors (Lipinski definition) is 1. The van der Waals surface area contributed by atoms with Crippen LogP contribution in [-0.2, 0) is 5.41 Å². The Morgan fingerprint density at radius 2 is 2.00 bits per heavy atom. The third-order valence-electron chi connectivity index (χ3n) is 2.73. The summed E-state index contributed by atoms with van der Waals surface area (Å²) in [6, 6.07) is 8.13. The summed E-state index contributed by atoms with van der Waals surface area (Å²) in [4.78, 5) is 0. The van der Waals surface area contributed by atoms with Crippen molar-refractivity contribution in [3.8, 4) is 0 Å². The van der Waals surface area contributed by atoms with E-state index < -0.39 is 0 Å². The monoisotopic (exact) mass is 239 g/mol. The molecule has 0 unspecified atom stereocenters. The maximum absolute atomic E-state index is 6.01. The van der Waals surface area contributed by atoms with Gasteiger partial charge in [0, 0.05) is 17.0 Å². The highest BCUT2D eigenvalue weighted by atomic mass is 35.5. The van der Waals surface area contributed by atoms with Gasteiger partial charge in [-0.1, -0.05) is 51.4 Å². The molecule has 0 radical (unpaired) electrons. The highest BCUT2D eigenvalue weighted by molar-refractivity contribution is 6.30. The SMILES string of the molecule is CC(C)CNCC(C)(C)c1cccc(Cl)c1. The largest absolute Gasteiger partial charge is 0.316 e. The second-order valence-corrected chi connectivity index (χ2v) is 5.86. The molecule has 0 amide bonds. The van der Waals surface area contributed by atoms with Gasteiger partial charge >= 0.3 is 0 Å². The molecule has 1 nitrogen and oxygen atoms in total. The van der Waals surface area contributed by atoms with Crippen LogP contribution in [-0.4, -0.2) is 13.1 Å². The lowest BCUT2D eigenvalue weighted by atomic mass is 9.84. The predicted octanol–water partition coefficient (Wildman–Crippen LogP) is 3.86. The Labute approximate surface area is 104 Å². The molecular formula is C14H22ClN. The predicted molar refractivity (Wildman–Crippen MR) is 72.2 cm³/mol. The van der Waals surface area contributed by atoms with Gasteiger partial charge < -0.3 is 5.32 Å². The zero-order valence-electron chi connectivity index (χ0n) is 10.7. The molecule has 0 aliphatic carbocycles. The molecule has 0 saturated heterocycles. The summed E-state index contributed by atoms with van der Waals surface area (Å²) in [5.41, 5.74) is 1.41. The first-order valence-electron chi connectivity index (χ1n) is 5.88. The fraction of sp³-hybridized carbons (Fsp3) is 0.571. The number of halogens is 1. The standard InChI is InChI=1S/C14H22ClN/c1-11(2)9-16-10-14(3,4)12-6-5-7-13(15)8-12/h5-8,11,16H,9-10H2,1-4H3. The number of benzene rings is 1. The molecule has 0 bridgehead atoms. The third-order valence-corrected chi connectivity index (χ3v) is 2.96. The molecule has 0 heterocycles. The Kier molecular flexibility index (Phi) is 4.82. The Balaban J connectivity index is 2.62. The molecule has 16 heavy (non-hydrogen) atoms. The molecular weight excluding hydrogens is 218 g/mol. The van der Waals surface area contributed by atoms with E-state index in [1.807, 2.05) is 12.1 Å². The summed E-state index contributed by atoms with van der Waals surface area (Å²) < 4.78 is 0. The maximum Gasteiger partial charge on any atom is 0.0408 e. The molecule has 0 atom stereocenters. The molecule has 1 aromatic rings. The minimum absolute atomic E-state index is 0.125. The van der Waals surface area contributed by atoms with Crippen LogP contribution in [0.25, 0.3) is 0 Å². The smallest absolute Gasteiger partial charge is 0.0408 e. The zero-order valence-corrected chi connectivity index (χ0v) is 11.4. The minimum atomic E-state index is 0.125. The van der Waals surface area contributed by atoms with Crippen molar-refractivity contribution in [1.29, 1.82) is 0 Å². The van der Waals surface area contributed by atoms with Crippen LogP contribution in [0.1, 0.15) is 33.3 Å². The zero-order chi connectivity index (χ0) is 12.2. The molecule has 1 aromatic carbocycles. The number of rotatable bonds is 5. The van der Waals surface area contributed by atoms with E-state index >= 15 is 0 Å². The summed E-state index contributed by atoms with van der Waals surface area (Å²) in [6.07, 6.45) is 0. The van der Waals surface area contributed by atoms with Gasteiger partial charge in [-0.25, -0.2) is 0 Å². The molecule has 1 rings (SSSR count). The molecule has 0 aromatic heterocycles. The average molecular weight is 240 g/mol. The van der Waals surface area contributed by atoms with Crippen LogP contribution in [0, 0.1) is 5.92 Å². The first-order valence-corrected chi connectivity index (χ1v) is 6.26. The van der Waals surface area contributed by atoms with Gasteiger partial charge in [0.05, 0.1) is 0 Å². The van der Waals surface area contributed by atoms with Gasteiger partial charge in [0.25, 0.3) is 0 Å². The van der Waals surface area contributed by atoms with E-state index in [4.69, 9.17) is 11.6 Å². The van der Waals surface area contributed by atoms with Crippen molar-refractivity contribution in [2.75, 3.05) is 13.1 Å². The Morgan fingerprint density at radius 3 is 2.56 bits per heavy atom. The molecule has 0 spiro atoms. The molecule has 2 heteroatoms. The summed E-state index contributed by atoms with van der Waals surface area (Å²) in [7, 11) is 0. The average Bonchev–Trinajstić information content (AvgIpc) is 2.16. The molecule has 1 N–H and O–H groups in total. The summed E-state index contributed by atoms with van der Waals surface area (Å²) in [6.45, 7) is 11.0. The Morgan fingerprint density at radius 1 is 1.31 bits per heavy atom. The van der Waals surface area contributed by atoms with E-state index in [0.29, 0.717) is 5.92 Å². The normalized spacial score (nSPS) is 12.1. The van der Waals surface area contributed by atoms with E-state index in [1.54, 1.807) is 0 Å².